The standard InChI is InChI=1S/C13H16NO5/c1-18-12(15)8-11(13(16)19-2)14(17)9-10-6-4-3-5-7-10/h3-7,9,11,17H,8H2,1-2H3/q+1. The van der Waals surface area contributed by atoms with Gasteiger partial charge in [-0.15, -0.1) is 0 Å². The van der Waals surface area contributed by atoms with E-state index in [0.717, 1.165) is 0 Å². The molecule has 1 aromatic rings. The van der Waals surface area contributed by atoms with Gasteiger partial charge in [-0.2, -0.15) is 0 Å². The number of carbonyl (C=O) groups is 2. The maximum Gasteiger partial charge on any atom is 0.380 e. The molecule has 1 rings (SSSR count). The zero-order valence-corrected chi connectivity index (χ0v) is 10.8. The van der Waals surface area contributed by atoms with Crippen LogP contribution in [0, 0.1) is 0 Å². The molecule has 0 aliphatic rings. The first-order valence-corrected chi connectivity index (χ1v) is 5.60. The van der Waals surface area contributed by atoms with Crippen LogP contribution in [0.3, 0.4) is 0 Å². The normalized spacial score (nSPS) is 12.6. The smallest absolute Gasteiger partial charge is 0.380 e. The molecule has 0 fully saturated rings. The molecule has 0 aromatic heterocycles. The van der Waals surface area contributed by atoms with Crippen molar-refractivity contribution in [3.63, 3.8) is 0 Å². The summed E-state index contributed by atoms with van der Waals surface area (Å²) in [6.07, 6.45) is 1.04. The van der Waals surface area contributed by atoms with Gasteiger partial charge in [0.25, 0.3) is 0 Å². The van der Waals surface area contributed by atoms with Gasteiger partial charge in [0.05, 0.1) is 14.2 Å². The van der Waals surface area contributed by atoms with Crippen LogP contribution >= 0.6 is 0 Å². The maximum atomic E-state index is 11.5. The van der Waals surface area contributed by atoms with Crippen molar-refractivity contribution in [2.24, 2.45) is 0 Å². The van der Waals surface area contributed by atoms with Gasteiger partial charge in [-0.05, 0) is 16.9 Å². The highest BCUT2D eigenvalue weighted by molar-refractivity contribution is 5.83. The van der Waals surface area contributed by atoms with Crippen molar-refractivity contribution in [3.8, 4) is 0 Å². The monoisotopic (exact) mass is 266 g/mol. The highest BCUT2D eigenvalue weighted by Gasteiger charge is 2.34. The van der Waals surface area contributed by atoms with Gasteiger partial charge in [-0.1, -0.05) is 18.2 Å². The van der Waals surface area contributed by atoms with E-state index in [1.54, 1.807) is 24.3 Å². The Morgan fingerprint density at radius 3 is 2.42 bits per heavy atom. The number of hydrogen-bond donors (Lipinski definition) is 1. The molecule has 1 N–H and O–H groups in total. The van der Waals surface area contributed by atoms with Gasteiger partial charge in [0, 0.05) is 5.56 Å². The summed E-state index contributed by atoms with van der Waals surface area (Å²) in [6, 6.07) is 7.74. The van der Waals surface area contributed by atoms with Crippen molar-refractivity contribution in [2.75, 3.05) is 14.2 Å². The summed E-state index contributed by atoms with van der Waals surface area (Å²) < 4.78 is 9.68. The SMILES string of the molecule is COC(=O)CC(C(=O)OC)[N+](O)=Cc1ccccc1. The fourth-order valence-electron chi connectivity index (χ4n) is 1.44. The Balaban J connectivity index is 2.94. The Kier molecular flexibility index (Phi) is 5.53. The van der Waals surface area contributed by atoms with Gasteiger partial charge in [-0.3, -0.25) is 10.0 Å². The van der Waals surface area contributed by atoms with E-state index in [0.29, 0.717) is 10.3 Å². The number of hydroxylamine groups is 1. The van der Waals surface area contributed by atoms with Crippen molar-refractivity contribution in [2.45, 2.75) is 12.5 Å². The summed E-state index contributed by atoms with van der Waals surface area (Å²) in [7, 11) is 2.39. The average Bonchev–Trinajstić information content (AvgIpc) is 2.44. The Morgan fingerprint density at radius 1 is 1.26 bits per heavy atom. The lowest BCUT2D eigenvalue weighted by molar-refractivity contribution is -0.787. The van der Waals surface area contributed by atoms with Gasteiger partial charge in [0.1, 0.15) is 6.42 Å². The van der Waals surface area contributed by atoms with E-state index in [4.69, 9.17) is 0 Å². The van der Waals surface area contributed by atoms with Crippen LogP contribution in [0.1, 0.15) is 12.0 Å². The summed E-state index contributed by atoms with van der Waals surface area (Å²) in [5.74, 6) is -1.34. The number of esters is 2. The highest BCUT2D eigenvalue weighted by atomic mass is 16.5. The first-order chi connectivity index (χ1) is 9.08. The van der Waals surface area contributed by atoms with Crippen LogP contribution in [0.15, 0.2) is 30.3 Å². The molecule has 1 unspecified atom stereocenters. The van der Waals surface area contributed by atoms with Crippen molar-refractivity contribution in [3.05, 3.63) is 35.9 Å². The third-order valence-corrected chi connectivity index (χ3v) is 2.46. The van der Waals surface area contributed by atoms with E-state index < -0.39 is 18.0 Å². The quantitative estimate of drug-likeness (QED) is 0.278. The van der Waals surface area contributed by atoms with Gasteiger partial charge in [-0.25, -0.2) is 4.79 Å². The van der Waals surface area contributed by atoms with Crippen LogP contribution in [0.5, 0.6) is 0 Å². The fraction of sp³-hybridized carbons (Fsp3) is 0.308. The second-order valence-corrected chi connectivity index (χ2v) is 3.74. The van der Waals surface area contributed by atoms with E-state index in [1.807, 2.05) is 6.07 Å². The minimum atomic E-state index is -1.14. The summed E-state index contributed by atoms with van der Waals surface area (Å²) >= 11 is 0. The van der Waals surface area contributed by atoms with Gasteiger partial charge in [0.15, 0.2) is 0 Å². The molecule has 0 heterocycles. The molecule has 0 aliphatic carbocycles. The van der Waals surface area contributed by atoms with Crippen LogP contribution in [0.25, 0.3) is 0 Å². The minimum Gasteiger partial charge on any atom is -0.469 e. The molecule has 0 radical (unpaired) electrons. The van der Waals surface area contributed by atoms with Crippen LogP contribution in [-0.2, 0) is 19.1 Å². The number of rotatable bonds is 5. The Labute approximate surface area is 110 Å². The number of ether oxygens (including phenoxy) is 2. The third kappa shape index (κ3) is 4.42. The largest absolute Gasteiger partial charge is 0.469 e. The topological polar surface area (TPSA) is 75.8 Å². The van der Waals surface area contributed by atoms with Crippen molar-refractivity contribution in [1.82, 2.24) is 0 Å². The predicted octanol–water partition coefficient (Wildman–Crippen LogP) is 0.612. The minimum absolute atomic E-state index is 0.303. The van der Waals surface area contributed by atoms with Crippen molar-refractivity contribution in [1.29, 1.82) is 0 Å². The number of hydrogen-bond acceptors (Lipinski definition) is 5. The second kappa shape index (κ2) is 7.15. The molecule has 19 heavy (non-hydrogen) atoms. The molecular formula is C13H16NO5+. The number of carbonyl (C=O) groups excluding carboxylic acids is 2. The lowest BCUT2D eigenvalue weighted by Gasteiger charge is -2.06. The Hall–Kier alpha value is -2.37. The van der Waals surface area contributed by atoms with Crippen LogP contribution in [0.4, 0.5) is 0 Å². The molecule has 1 aromatic carbocycles. The highest BCUT2D eigenvalue weighted by Crippen LogP contribution is 2.03. The molecule has 0 amide bonds. The van der Waals surface area contributed by atoms with Gasteiger partial charge in [0.2, 0.25) is 6.21 Å². The summed E-state index contributed by atoms with van der Waals surface area (Å²) in [5, 5.41) is 9.88. The molecule has 0 saturated heterocycles. The first kappa shape index (κ1) is 14.7. The predicted molar refractivity (Wildman–Crippen MR) is 66.1 cm³/mol. The zero-order chi connectivity index (χ0) is 14.3. The summed E-state index contributed by atoms with van der Waals surface area (Å²) in [6.45, 7) is 0. The lowest BCUT2D eigenvalue weighted by Crippen LogP contribution is -2.36. The molecule has 6 nitrogen and oxygen atoms in total. The Bertz CT molecular complexity index is 469. The van der Waals surface area contributed by atoms with E-state index in [2.05, 4.69) is 9.47 Å². The molecule has 0 saturated carbocycles. The second-order valence-electron chi connectivity index (χ2n) is 3.74. The van der Waals surface area contributed by atoms with Crippen molar-refractivity contribution < 1.29 is 29.0 Å². The number of benzene rings is 1. The molecular weight excluding hydrogens is 250 g/mol. The molecule has 6 heteroatoms. The van der Waals surface area contributed by atoms with Gasteiger partial charge < -0.3 is 9.47 Å². The van der Waals surface area contributed by atoms with Crippen molar-refractivity contribution >= 4 is 18.2 Å². The van der Waals surface area contributed by atoms with E-state index in [1.165, 1.54) is 20.4 Å². The van der Waals surface area contributed by atoms with Crippen LogP contribution in [0.2, 0.25) is 0 Å². The number of methoxy groups -OCH3 is 2. The average molecular weight is 266 g/mol. The fourth-order valence-corrected chi connectivity index (χ4v) is 1.44. The molecule has 0 spiro atoms. The summed E-state index contributed by atoms with van der Waals surface area (Å²) in [4.78, 5) is 22.8. The Morgan fingerprint density at radius 2 is 1.89 bits per heavy atom. The zero-order valence-electron chi connectivity index (χ0n) is 10.8. The van der Waals surface area contributed by atoms with E-state index in [9.17, 15) is 14.8 Å². The molecule has 102 valence electrons. The molecule has 0 aliphatic heterocycles. The molecule has 1 atom stereocenters. The first-order valence-electron chi connectivity index (χ1n) is 5.60. The maximum absolute atomic E-state index is 11.5. The van der Waals surface area contributed by atoms with Crippen LogP contribution < -0.4 is 0 Å². The van der Waals surface area contributed by atoms with Crippen LogP contribution in [-0.4, -0.2) is 48.4 Å². The van der Waals surface area contributed by atoms with E-state index >= 15 is 0 Å². The summed E-state index contributed by atoms with van der Waals surface area (Å²) in [5.41, 5.74) is 0.684. The van der Waals surface area contributed by atoms with E-state index in [-0.39, 0.29) is 6.42 Å². The third-order valence-electron chi connectivity index (χ3n) is 2.46. The number of nitrogens with zero attached hydrogens (tertiary/aromatic N) is 1. The molecule has 0 bridgehead atoms. The lowest BCUT2D eigenvalue weighted by atomic mass is 10.2. The van der Waals surface area contributed by atoms with Gasteiger partial charge >= 0.3 is 18.0 Å².